The van der Waals surface area contributed by atoms with E-state index in [4.69, 9.17) is 10.00 Å². The molecular formula is C18H16N2O2. The lowest BCUT2D eigenvalue weighted by molar-refractivity contribution is 0.0950. The van der Waals surface area contributed by atoms with Gasteiger partial charge in [0.25, 0.3) is 5.91 Å². The smallest absolute Gasteiger partial charge is 0.251 e. The molecule has 22 heavy (non-hydrogen) atoms. The number of rotatable bonds is 5. The van der Waals surface area contributed by atoms with Gasteiger partial charge < -0.3 is 10.1 Å². The van der Waals surface area contributed by atoms with E-state index in [-0.39, 0.29) is 5.91 Å². The highest BCUT2D eigenvalue weighted by Crippen LogP contribution is 2.21. The monoisotopic (exact) mass is 292 g/mol. The molecule has 0 heterocycles. The maximum Gasteiger partial charge on any atom is 0.251 e. The number of carbonyl (C=O) groups excluding carboxylic acids is 1. The fourth-order valence-electron chi connectivity index (χ4n) is 2.14. The standard InChI is InChI=1S/C18H16N2O2/c19-11-14-4-1-2-5-15(14)12-22-17-7-3-6-13(10-17)18(21)20-16-8-9-16/h1-7,10,16H,8-9,12H2,(H,20,21). The minimum absolute atomic E-state index is 0.0645. The van der Waals surface area contributed by atoms with Crippen LogP contribution in [0.3, 0.4) is 0 Å². The Morgan fingerprint density at radius 1 is 1.23 bits per heavy atom. The van der Waals surface area contributed by atoms with Crippen LogP contribution in [0.5, 0.6) is 5.75 Å². The summed E-state index contributed by atoms with van der Waals surface area (Å²) in [5, 5.41) is 12.0. The van der Waals surface area contributed by atoms with E-state index in [0.717, 1.165) is 18.4 Å². The number of nitriles is 1. The molecule has 0 atom stereocenters. The lowest BCUT2D eigenvalue weighted by Crippen LogP contribution is -2.25. The third kappa shape index (κ3) is 3.44. The Kier molecular flexibility index (Phi) is 4.06. The van der Waals surface area contributed by atoms with Crippen LogP contribution in [-0.4, -0.2) is 11.9 Å². The second-order valence-electron chi connectivity index (χ2n) is 5.33. The van der Waals surface area contributed by atoms with Crippen molar-refractivity contribution in [3.05, 3.63) is 65.2 Å². The van der Waals surface area contributed by atoms with Crippen molar-refractivity contribution in [2.24, 2.45) is 0 Å². The molecule has 1 amide bonds. The van der Waals surface area contributed by atoms with Gasteiger partial charge in [0.1, 0.15) is 12.4 Å². The van der Waals surface area contributed by atoms with Crippen molar-refractivity contribution in [1.82, 2.24) is 5.32 Å². The first-order chi connectivity index (χ1) is 10.8. The molecule has 0 unspecified atom stereocenters. The summed E-state index contributed by atoms with van der Waals surface area (Å²) in [6, 6.07) is 16.9. The zero-order chi connectivity index (χ0) is 15.4. The minimum Gasteiger partial charge on any atom is -0.489 e. The molecule has 1 saturated carbocycles. The summed E-state index contributed by atoms with van der Waals surface area (Å²) in [6.45, 7) is 0.303. The fraction of sp³-hybridized carbons (Fsp3) is 0.222. The van der Waals surface area contributed by atoms with Gasteiger partial charge in [0.05, 0.1) is 11.6 Å². The van der Waals surface area contributed by atoms with E-state index in [1.165, 1.54) is 0 Å². The molecule has 4 heteroatoms. The Morgan fingerprint density at radius 3 is 2.82 bits per heavy atom. The molecular weight excluding hydrogens is 276 g/mol. The summed E-state index contributed by atoms with van der Waals surface area (Å²) in [6.07, 6.45) is 2.12. The molecule has 0 bridgehead atoms. The van der Waals surface area contributed by atoms with Gasteiger partial charge in [0, 0.05) is 17.2 Å². The van der Waals surface area contributed by atoms with Crippen LogP contribution in [0.4, 0.5) is 0 Å². The van der Waals surface area contributed by atoms with E-state index in [2.05, 4.69) is 11.4 Å². The first-order valence-electron chi connectivity index (χ1n) is 7.28. The average Bonchev–Trinajstić information content (AvgIpc) is 3.37. The van der Waals surface area contributed by atoms with Crippen molar-refractivity contribution >= 4 is 5.91 Å². The Labute approximate surface area is 129 Å². The predicted molar refractivity (Wildman–Crippen MR) is 82.4 cm³/mol. The zero-order valence-corrected chi connectivity index (χ0v) is 12.1. The molecule has 4 nitrogen and oxygen atoms in total. The third-order valence-corrected chi connectivity index (χ3v) is 3.54. The van der Waals surface area contributed by atoms with E-state index in [0.29, 0.717) is 29.5 Å². The van der Waals surface area contributed by atoms with Crippen LogP contribution in [0.25, 0.3) is 0 Å². The van der Waals surface area contributed by atoms with Crippen molar-refractivity contribution < 1.29 is 9.53 Å². The van der Waals surface area contributed by atoms with Crippen molar-refractivity contribution in [3.8, 4) is 11.8 Å². The second-order valence-corrected chi connectivity index (χ2v) is 5.33. The molecule has 0 spiro atoms. The molecule has 1 aliphatic carbocycles. The van der Waals surface area contributed by atoms with Gasteiger partial charge in [-0.1, -0.05) is 24.3 Å². The van der Waals surface area contributed by atoms with E-state index in [1.54, 1.807) is 24.3 Å². The average molecular weight is 292 g/mol. The normalized spacial score (nSPS) is 13.2. The van der Waals surface area contributed by atoms with Crippen molar-refractivity contribution in [1.29, 1.82) is 5.26 Å². The largest absolute Gasteiger partial charge is 0.489 e. The molecule has 2 aromatic rings. The van der Waals surface area contributed by atoms with Crippen molar-refractivity contribution in [2.75, 3.05) is 0 Å². The van der Waals surface area contributed by atoms with E-state index in [9.17, 15) is 4.79 Å². The quantitative estimate of drug-likeness (QED) is 0.921. The number of hydrogen-bond donors (Lipinski definition) is 1. The topological polar surface area (TPSA) is 62.1 Å². The summed E-state index contributed by atoms with van der Waals surface area (Å²) in [4.78, 5) is 12.0. The van der Waals surface area contributed by atoms with E-state index in [1.807, 2.05) is 24.3 Å². The Morgan fingerprint density at radius 2 is 2.05 bits per heavy atom. The number of ether oxygens (including phenoxy) is 1. The molecule has 1 fully saturated rings. The van der Waals surface area contributed by atoms with Crippen LogP contribution in [0.2, 0.25) is 0 Å². The van der Waals surface area contributed by atoms with Crippen LogP contribution in [0, 0.1) is 11.3 Å². The molecule has 2 aromatic carbocycles. The molecule has 0 radical (unpaired) electrons. The van der Waals surface area contributed by atoms with Crippen molar-refractivity contribution in [2.45, 2.75) is 25.5 Å². The lowest BCUT2D eigenvalue weighted by atomic mass is 10.1. The second kappa shape index (κ2) is 6.31. The van der Waals surface area contributed by atoms with Crippen molar-refractivity contribution in [3.63, 3.8) is 0 Å². The summed E-state index contributed by atoms with van der Waals surface area (Å²) >= 11 is 0. The zero-order valence-electron chi connectivity index (χ0n) is 12.1. The maximum absolute atomic E-state index is 12.0. The highest BCUT2D eigenvalue weighted by molar-refractivity contribution is 5.94. The number of nitrogens with zero attached hydrogens (tertiary/aromatic N) is 1. The van der Waals surface area contributed by atoms with Gasteiger partial charge in [0.2, 0.25) is 0 Å². The lowest BCUT2D eigenvalue weighted by Gasteiger charge is -2.09. The number of carbonyl (C=O) groups is 1. The van der Waals surface area contributed by atoms with Gasteiger partial charge in [-0.15, -0.1) is 0 Å². The SMILES string of the molecule is N#Cc1ccccc1COc1cccc(C(=O)NC2CC2)c1. The third-order valence-electron chi connectivity index (χ3n) is 3.54. The minimum atomic E-state index is -0.0645. The van der Waals surface area contributed by atoms with Crippen LogP contribution in [0.15, 0.2) is 48.5 Å². The number of benzene rings is 2. The number of amides is 1. The van der Waals surface area contributed by atoms with Gasteiger partial charge in [-0.2, -0.15) is 5.26 Å². The summed E-state index contributed by atoms with van der Waals surface area (Å²) in [7, 11) is 0. The van der Waals surface area contributed by atoms with Gasteiger partial charge in [-0.25, -0.2) is 0 Å². The number of nitrogens with one attached hydrogen (secondary N) is 1. The molecule has 0 saturated heterocycles. The van der Waals surface area contributed by atoms with Crippen LogP contribution in [0.1, 0.15) is 34.3 Å². The number of hydrogen-bond acceptors (Lipinski definition) is 3. The molecule has 3 rings (SSSR count). The van der Waals surface area contributed by atoms with Crippen LogP contribution >= 0.6 is 0 Å². The van der Waals surface area contributed by atoms with Gasteiger partial charge in [-0.05, 0) is 37.1 Å². The van der Waals surface area contributed by atoms with Gasteiger partial charge >= 0.3 is 0 Å². The molecule has 0 aromatic heterocycles. The maximum atomic E-state index is 12.0. The summed E-state index contributed by atoms with van der Waals surface area (Å²) in [5.74, 6) is 0.557. The molecule has 1 N–H and O–H groups in total. The van der Waals surface area contributed by atoms with Crippen LogP contribution < -0.4 is 10.1 Å². The Balaban J connectivity index is 1.67. The highest BCUT2D eigenvalue weighted by atomic mass is 16.5. The molecule has 1 aliphatic rings. The first-order valence-corrected chi connectivity index (χ1v) is 7.28. The molecule has 0 aliphatic heterocycles. The Hall–Kier alpha value is -2.80. The molecule has 110 valence electrons. The van der Waals surface area contributed by atoms with E-state index >= 15 is 0 Å². The fourth-order valence-corrected chi connectivity index (χ4v) is 2.14. The van der Waals surface area contributed by atoms with Crippen LogP contribution in [-0.2, 0) is 6.61 Å². The summed E-state index contributed by atoms with van der Waals surface area (Å²) in [5.41, 5.74) is 2.03. The predicted octanol–water partition coefficient (Wildman–Crippen LogP) is 3.03. The van der Waals surface area contributed by atoms with E-state index < -0.39 is 0 Å². The van der Waals surface area contributed by atoms with Gasteiger partial charge in [0.15, 0.2) is 0 Å². The highest BCUT2D eigenvalue weighted by Gasteiger charge is 2.23. The summed E-state index contributed by atoms with van der Waals surface area (Å²) < 4.78 is 5.71. The first kappa shape index (κ1) is 14.2. The Bertz CT molecular complexity index is 730. The van der Waals surface area contributed by atoms with Gasteiger partial charge in [-0.3, -0.25) is 4.79 Å².